The van der Waals surface area contributed by atoms with E-state index in [-0.39, 0.29) is 0 Å². The molecule has 0 bridgehead atoms. The van der Waals surface area contributed by atoms with Crippen LogP contribution < -0.4 is 5.32 Å². The van der Waals surface area contributed by atoms with Gasteiger partial charge < -0.3 is 5.32 Å². The molecule has 1 fully saturated rings. The predicted octanol–water partition coefficient (Wildman–Crippen LogP) is 2.93. The highest BCUT2D eigenvalue weighted by atomic mass is 19.2. The Balaban J connectivity index is 1.74. The molecule has 4 heteroatoms. The first-order valence-electron chi connectivity index (χ1n) is 7.05. The van der Waals surface area contributed by atoms with E-state index in [4.69, 9.17) is 0 Å². The van der Waals surface area contributed by atoms with Crippen molar-refractivity contribution in [2.75, 3.05) is 19.6 Å². The monoisotopic (exact) mass is 268 g/mol. The van der Waals surface area contributed by atoms with E-state index in [2.05, 4.69) is 17.1 Å². The van der Waals surface area contributed by atoms with Crippen LogP contribution in [-0.2, 0) is 6.54 Å². The van der Waals surface area contributed by atoms with Crippen LogP contribution in [0.2, 0.25) is 0 Å². The zero-order chi connectivity index (χ0) is 13.7. The van der Waals surface area contributed by atoms with E-state index < -0.39 is 11.6 Å². The van der Waals surface area contributed by atoms with Gasteiger partial charge in [-0.25, -0.2) is 8.78 Å². The van der Waals surface area contributed by atoms with Gasteiger partial charge in [0.1, 0.15) is 0 Å². The molecule has 1 heterocycles. The fourth-order valence-corrected chi connectivity index (χ4v) is 2.56. The van der Waals surface area contributed by atoms with E-state index in [9.17, 15) is 8.78 Å². The third-order valence-electron chi connectivity index (χ3n) is 3.77. The molecule has 2 rings (SSSR count). The van der Waals surface area contributed by atoms with Gasteiger partial charge in [0.05, 0.1) is 0 Å². The summed E-state index contributed by atoms with van der Waals surface area (Å²) in [6.07, 6.45) is 3.91. The first-order chi connectivity index (χ1) is 9.16. The number of benzene rings is 1. The molecule has 1 saturated heterocycles. The topological polar surface area (TPSA) is 15.3 Å². The van der Waals surface area contributed by atoms with Crippen LogP contribution in [0.25, 0.3) is 0 Å². The highest BCUT2D eigenvalue weighted by molar-refractivity contribution is 5.17. The lowest BCUT2D eigenvalue weighted by atomic mass is 10.1. The van der Waals surface area contributed by atoms with Crippen molar-refractivity contribution < 1.29 is 8.78 Å². The van der Waals surface area contributed by atoms with Crippen LogP contribution in [0.15, 0.2) is 18.2 Å². The molecule has 1 unspecified atom stereocenters. The average Bonchev–Trinajstić information content (AvgIpc) is 2.43. The maximum Gasteiger partial charge on any atom is 0.159 e. The SMILES string of the molecule is CC(CNCc1ccc(F)c(F)c1)N1CCCCC1. The molecule has 1 aliphatic heterocycles. The number of halogens is 2. The first-order valence-corrected chi connectivity index (χ1v) is 7.05. The molecule has 0 spiro atoms. The Morgan fingerprint density at radius 3 is 2.58 bits per heavy atom. The van der Waals surface area contributed by atoms with Crippen molar-refractivity contribution in [2.45, 2.75) is 38.8 Å². The number of nitrogens with zero attached hydrogens (tertiary/aromatic N) is 1. The quantitative estimate of drug-likeness (QED) is 0.883. The van der Waals surface area contributed by atoms with Crippen molar-refractivity contribution in [1.29, 1.82) is 0 Å². The molecule has 1 aromatic rings. The van der Waals surface area contributed by atoms with Crippen LogP contribution in [0.5, 0.6) is 0 Å². The molecule has 0 amide bonds. The minimum atomic E-state index is -0.787. The van der Waals surface area contributed by atoms with E-state index in [1.807, 2.05) is 0 Å². The molecule has 0 saturated carbocycles. The van der Waals surface area contributed by atoms with Crippen molar-refractivity contribution in [3.63, 3.8) is 0 Å². The van der Waals surface area contributed by atoms with Crippen LogP contribution in [0, 0.1) is 11.6 Å². The molecule has 0 aromatic heterocycles. The van der Waals surface area contributed by atoms with Gasteiger partial charge in [-0.15, -0.1) is 0 Å². The smallest absolute Gasteiger partial charge is 0.159 e. The highest BCUT2D eigenvalue weighted by Gasteiger charge is 2.15. The number of hydrogen-bond donors (Lipinski definition) is 1. The van der Waals surface area contributed by atoms with Crippen LogP contribution in [0.3, 0.4) is 0 Å². The average molecular weight is 268 g/mol. The number of hydrogen-bond acceptors (Lipinski definition) is 2. The predicted molar refractivity (Wildman–Crippen MR) is 73.0 cm³/mol. The summed E-state index contributed by atoms with van der Waals surface area (Å²) >= 11 is 0. The molecule has 0 radical (unpaired) electrons. The summed E-state index contributed by atoms with van der Waals surface area (Å²) in [4.78, 5) is 2.49. The van der Waals surface area contributed by atoms with Gasteiger partial charge >= 0.3 is 0 Å². The maximum absolute atomic E-state index is 13.0. The fourth-order valence-electron chi connectivity index (χ4n) is 2.56. The van der Waals surface area contributed by atoms with Gasteiger partial charge in [-0.3, -0.25) is 4.90 Å². The molecule has 1 atom stereocenters. The number of likely N-dealkylation sites (tertiary alicyclic amines) is 1. The summed E-state index contributed by atoms with van der Waals surface area (Å²) in [7, 11) is 0. The first kappa shape index (κ1) is 14.4. The second-order valence-electron chi connectivity index (χ2n) is 5.33. The molecule has 19 heavy (non-hydrogen) atoms. The zero-order valence-corrected chi connectivity index (χ0v) is 11.5. The second-order valence-corrected chi connectivity index (χ2v) is 5.33. The Bertz CT molecular complexity index is 403. The third-order valence-corrected chi connectivity index (χ3v) is 3.77. The highest BCUT2D eigenvalue weighted by Crippen LogP contribution is 2.12. The summed E-state index contributed by atoms with van der Waals surface area (Å²) in [6, 6.07) is 4.55. The van der Waals surface area contributed by atoms with Crippen LogP contribution >= 0.6 is 0 Å². The van der Waals surface area contributed by atoms with E-state index in [0.717, 1.165) is 12.1 Å². The lowest BCUT2D eigenvalue weighted by Crippen LogP contribution is -2.42. The molecule has 1 aromatic carbocycles. The van der Waals surface area contributed by atoms with Crippen molar-refractivity contribution in [3.05, 3.63) is 35.4 Å². The van der Waals surface area contributed by atoms with Crippen LogP contribution in [0.4, 0.5) is 8.78 Å². The molecular formula is C15H22F2N2. The standard InChI is InChI=1S/C15H22F2N2/c1-12(19-7-3-2-4-8-19)10-18-11-13-5-6-14(16)15(17)9-13/h5-6,9,12,18H,2-4,7-8,10-11H2,1H3. The number of rotatable bonds is 5. The Hall–Kier alpha value is -1.00. The summed E-state index contributed by atoms with van der Waals surface area (Å²) < 4.78 is 25.8. The lowest BCUT2D eigenvalue weighted by Gasteiger charge is -2.32. The summed E-state index contributed by atoms with van der Waals surface area (Å²) in [6.45, 7) is 6.01. The summed E-state index contributed by atoms with van der Waals surface area (Å²) in [5.74, 6) is -1.56. The number of nitrogens with one attached hydrogen (secondary N) is 1. The van der Waals surface area contributed by atoms with E-state index in [1.165, 1.54) is 44.5 Å². The van der Waals surface area contributed by atoms with Gasteiger partial charge in [0, 0.05) is 19.1 Å². The van der Waals surface area contributed by atoms with Crippen molar-refractivity contribution in [2.24, 2.45) is 0 Å². The lowest BCUT2D eigenvalue weighted by molar-refractivity contribution is 0.170. The van der Waals surface area contributed by atoms with Gasteiger partial charge in [0.25, 0.3) is 0 Å². The second kappa shape index (κ2) is 6.96. The zero-order valence-electron chi connectivity index (χ0n) is 11.5. The largest absolute Gasteiger partial charge is 0.311 e. The minimum Gasteiger partial charge on any atom is -0.311 e. The van der Waals surface area contributed by atoms with Crippen molar-refractivity contribution >= 4 is 0 Å². The van der Waals surface area contributed by atoms with Crippen molar-refractivity contribution in [3.8, 4) is 0 Å². The van der Waals surface area contributed by atoms with Crippen molar-refractivity contribution in [1.82, 2.24) is 10.2 Å². The maximum atomic E-state index is 13.0. The molecule has 106 valence electrons. The van der Waals surface area contributed by atoms with Gasteiger partial charge in [0.2, 0.25) is 0 Å². The number of piperidine rings is 1. The van der Waals surface area contributed by atoms with Gasteiger partial charge in [0.15, 0.2) is 11.6 Å². The Kier molecular flexibility index (Phi) is 5.28. The Morgan fingerprint density at radius 1 is 1.16 bits per heavy atom. The third kappa shape index (κ3) is 4.25. The Morgan fingerprint density at radius 2 is 1.89 bits per heavy atom. The van der Waals surface area contributed by atoms with Gasteiger partial charge in [-0.2, -0.15) is 0 Å². The minimum absolute atomic E-state index is 0.491. The summed E-state index contributed by atoms with van der Waals surface area (Å²) in [5.41, 5.74) is 0.782. The molecule has 2 nitrogen and oxygen atoms in total. The van der Waals surface area contributed by atoms with E-state index in [1.54, 1.807) is 6.07 Å². The normalized spacial score (nSPS) is 18.5. The molecule has 1 aliphatic rings. The van der Waals surface area contributed by atoms with E-state index in [0.29, 0.717) is 12.6 Å². The van der Waals surface area contributed by atoms with Gasteiger partial charge in [-0.1, -0.05) is 12.5 Å². The van der Waals surface area contributed by atoms with Crippen LogP contribution in [-0.4, -0.2) is 30.6 Å². The fraction of sp³-hybridized carbons (Fsp3) is 0.600. The molecular weight excluding hydrogens is 246 g/mol. The summed E-state index contributed by atoms with van der Waals surface area (Å²) in [5, 5.41) is 3.31. The van der Waals surface area contributed by atoms with Gasteiger partial charge in [-0.05, 0) is 50.6 Å². The molecule has 0 aliphatic carbocycles. The van der Waals surface area contributed by atoms with Crippen LogP contribution in [0.1, 0.15) is 31.7 Å². The van der Waals surface area contributed by atoms with E-state index >= 15 is 0 Å². The Labute approximate surface area is 113 Å². The molecule has 1 N–H and O–H groups in total.